The molecular formula is C71H78ClN17O4. The zero-order valence-electron chi connectivity index (χ0n) is 53.4. The molecule has 0 aliphatic carbocycles. The van der Waals surface area contributed by atoms with E-state index in [0.29, 0.717) is 44.8 Å². The van der Waals surface area contributed by atoms with Gasteiger partial charge in [-0.2, -0.15) is 0 Å². The minimum Gasteiger partial charge on any atom is -0.444 e. The molecule has 3 aliphatic heterocycles. The van der Waals surface area contributed by atoms with Crippen LogP contribution >= 0.6 is 11.6 Å². The first kappa shape index (κ1) is 63.2. The Kier molecular flexibility index (Phi) is 19.2. The number of carbonyl (C=O) groups is 2. The van der Waals surface area contributed by atoms with E-state index in [1.165, 1.54) is 43.9 Å². The molecule has 8 aromatic heterocycles. The van der Waals surface area contributed by atoms with E-state index in [0.717, 1.165) is 132 Å². The van der Waals surface area contributed by atoms with Crippen molar-refractivity contribution in [2.75, 3.05) is 55.2 Å². The van der Waals surface area contributed by atoms with Crippen molar-refractivity contribution in [3.63, 3.8) is 0 Å². The van der Waals surface area contributed by atoms with Crippen LogP contribution in [0.15, 0.2) is 140 Å². The number of hydrogen-bond donors (Lipinski definition) is 7. The summed E-state index contributed by atoms with van der Waals surface area (Å²) in [7, 11) is 0. The first-order valence-corrected chi connectivity index (χ1v) is 32.1. The van der Waals surface area contributed by atoms with Crippen LogP contribution < -0.4 is 21.3 Å². The number of H-pyrrole nitrogens is 3. The van der Waals surface area contributed by atoms with Crippen LogP contribution in [0.2, 0.25) is 5.28 Å². The lowest BCUT2D eigenvalue weighted by atomic mass is 10.0. The Hall–Kier alpha value is -9.99. The highest BCUT2D eigenvalue weighted by atomic mass is 35.5. The molecule has 0 radical (unpaired) electrons. The van der Waals surface area contributed by atoms with Crippen LogP contribution in [0, 0.1) is 0 Å². The van der Waals surface area contributed by atoms with Crippen molar-refractivity contribution in [2.45, 2.75) is 111 Å². The molecule has 7 N–H and O–H groups in total. The van der Waals surface area contributed by atoms with Crippen LogP contribution in [0.5, 0.6) is 0 Å². The van der Waals surface area contributed by atoms with Crippen molar-refractivity contribution < 1.29 is 19.1 Å². The number of fused-ring (bicyclic) bond motifs is 6. The fourth-order valence-electron chi connectivity index (χ4n) is 11.8. The van der Waals surface area contributed by atoms with Crippen LogP contribution in [0.3, 0.4) is 0 Å². The molecule has 11 heterocycles. The molecule has 2 amide bonds. The lowest BCUT2D eigenvalue weighted by molar-refractivity contribution is 0.0211. The monoisotopic (exact) mass is 1270 g/mol. The number of halogens is 1. The van der Waals surface area contributed by atoms with E-state index >= 15 is 0 Å². The third-order valence-electron chi connectivity index (χ3n) is 16.3. The minimum absolute atomic E-state index is 0.175. The number of hydrogen-bond acceptors (Lipinski definition) is 16. The third-order valence-corrected chi connectivity index (χ3v) is 16.4. The van der Waals surface area contributed by atoms with Crippen LogP contribution in [0.1, 0.15) is 92.0 Å². The zero-order chi connectivity index (χ0) is 64.5. The fourth-order valence-corrected chi connectivity index (χ4v) is 12.0. The first-order chi connectivity index (χ1) is 45.1. The standard InChI is InChI=1S/C27H30N6O2.C22H26ClN5O2.C22H22N6/c1-27(2,3)35-26(34)33-14-11-21-23(17-33)31-24(19-7-6-12-28-15-19)32-25(21)29-13-10-18-16-30-22-9-5-4-8-20(18)22;1-22(2,3)30-21(29)28-11-9-16-18(13-28)26-20(23)27-19(16)24-10-8-14-12-25-17-7-5-4-6-15(14)17;1-2-6-19-17(5-1)15(13-26-19)7-11-25-22-18-8-10-24-14-20(18)27-21(28-22)16-4-3-9-23-12-16/h4-9,12,15-16,30H,10-11,13-14,17H2,1-3H3,(H,29,31,32);4-7,12,25H,8-11,13H2,1-3H3,(H,24,26,27);1-6,9,12-13,24,26H,7-8,10-11,14H2,(H,25,27,28). The number of aromatic nitrogens is 11. The molecule has 0 spiro atoms. The molecular weight excluding hydrogens is 1190 g/mol. The summed E-state index contributed by atoms with van der Waals surface area (Å²) in [6, 6.07) is 32.7. The van der Waals surface area contributed by atoms with Gasteiger partial charge in [0.05, 0.1) is 30.2 Å². The van der Waals surface area contributed by atoms with Gasteiger partial charge < -0.3 is 55.5 Å². The van der Waals surface area contributed by atoms with E-state index in [-0.39, 0.29) is 17.5 Å². The first-order valence-electron chi connectivity index (χ1n) is 31.7. The molecule has 0 atom stereocenters. The van der Waals surface area contributed by atoms with E-state index in [4.69, 9.17) is 41.0 Å². The number of rotatable bonds is 14. The quantitative estimate of drug-likeness (QED) is 0.0499. The van der Waals surface area contributed by atoms with Crippen molar-refractivity contribution in [2.24, 2.45) is 0 Å². The number of carbonyl (C=O) groups excluding carboxylic acids is 2. The number of nitrogens with one attached hydrogen (secondary N) is 7. The molecule has 0 unspecified atom stereocenters. The molecule has 0 fully saturated rings. The number of pyridine rings is 2. The van der Waals surface area contributed by atoms with Crippen molar-refractivity contribution in [3.05, 3.63) is 196 Å². The number of para-hydroxylation sites is 3. The number of nitrogens with zero attached hydrogens (tertiary/aromatic N) is 10. The van der Waals surface area contributed by atoms with E-state index in [1.54, 1.807) is 28.4 Å². The Bertz CT molecular complexity index is 4410. The van der Waals surface area contributed by atoms with Gasteiger partial charge in [-0.25, -0.2) is 39.5 Å². The van der Waals surface area contributed by atoms with Crippen LogP contribution in [0.4, 0.5) is 27.0 Å². The molecule has 3 aliphatic rings. The second kappa shape index (κ2) is 28.3. The second-order valence-corrected chi connectivity index (χ2v) is 25.6. The molecule has 14 rings (SSSR count). The Morgan fingerprint density at radius 3 is 1.34 bits per heavy atom. The van der Waals surface area contributed by atoms with E-state index in [9.17, 15) is 9.59 Å². The van der Waals surface area contributed by atoms with Gasteiger partial charge in [0.1, 0.15) is 28.7 Å². The van der Waals surface area contributed by atoms with Gasteiger partial charge in [-0.15, -0.1) is 0 Å². The molecule has 0 bridgehead atoms. The summed E-state index contributed by atoms with van der Waals surface area (Å²) < 4.78 is 11.1. The van der Waals surface area contributed by atoms with Gasteiger partial charge in [0.2, 0.25) is 5.28 Å². The van der Waals surface area contributed by atoms with Crippen LogP contribution in [-0.4, -0.2) is 127 Å². The predicted molar refractivity (Wildman–Crippen MR) is 365 cm³/mol. The maximum atomic E-state index is 12.7. The van der Waals surface area contributed by atoms with Crippen LogP contribution in [0.25, 0.3) is 55.5 Å². The lowest BCUT2D eigenvalue weighted by Crippen LogP contribution is -2.40. The Labute approximate surface area is 545 Å². The predicted octanol–water partition coefficient (Wildman–Crippen LogP) is 12.8. The van der Waals surface area contributed by atoms with Crippen molar-refractivity contribution >= 4 is 73.9 Å². The highest BCUT2D eigenvalue weighted by Crippen LogP contribution is 2.31. The van der Waals surface area contributed by atoms with Gasteiger partial charge in [0, 0.05) is 143 Å². The zero-order valence-corrected chi connectivity index (χ0v) is 54.1. The molecule has 93 heavy (non-hydrogen) atoms. The number of amides is 2. The normalized spacial score (nSPS) is 13.6. The van der Waals surface area contributed by atoms with E-state index in [1.807, 2.05) is 96.4 Å². The Balaban J connectivity index is 0.000000135. The molecule has 0 saturated carbocycles. The fraction of sp³-hybridized carbons (Fsp3) is 0.324. The SMILES string of the molecule is CC(C)(C)OC(=O)N1CCc2c(nc(-c3cccnc3)nc2NCCc2c[nH]c3ccccc23)C1.CC(C)(C)OC(=O)N1CCc2c(nc(Cl)nc2NCCc2c[nH]c3ccccc23)C1.c1cncc(-c2nc3c(c(NCCc4c[nH]c5ccccc45)n2)CCNC3)c1. The summed E-state index contributed by atoms with van der Waals surface area (Å²) in [5, 5.41) is 17.9. The van der Waals surface area contributed by atoms with E-state index < -0.39 is 11.2 Å². The summed E-state index contributed by atoms with van der Waals surface area (Å²) in [4.78, 5) is 75.0. The van der Waals surface area contributed by atoms with Crippen molar-refractivity contribution in [3.8, 4) is 22.8 Å². The molecule has 22 heteroatoms. The van der Waals surface area contributed by atoms with E-state index in [2.05, 4.69) is 123 Å². The number of aromatic amines is 3. The second-order valence-electron chi connectivity index (χ2n) is 25.2. The van der Waals surface area contributed by atoms with Gasteiger partial charge in [0.25, 0.3) is 0 Å². The average molecular weight is 1270 g/mol. The minimum atomic E-state index is -0.543. The summed E-state index contributed by atoms with van der Waals surface area (Å²) in [5.74, 6) is 3.83. The van der Waals surface area contributed by atoms with Gasteiger partial charge in [0.15, 0.2) is 11.6 Å². The number of benzene rings is 3. The maximum Gasteiger partial charge on any atom is 0.410 e. The third kappa shape index (κ3) is 15.7. The van der Waals surface area contributed by atoms with Gasteiger partial charge in [-0.3, -0.25) is 9.97 Å². The summed E-state index contributed by atoms with van der Waals surface area (Å²) in [5.41, 5.74) is 14.0. The summed E-state index contributed by atoms with van der Waals surface area (Å²) in [6.45, 7) is 17.1. The Morgan fingerprint density at radius 1 is 0.505 bits per heavy atom. The molecule has 3 aromatic carbocycles. The van der Waals surface area contributed by atoms with Gasteiger partial charge in [-0.1, -0.05) is 54.6 Å². The summed E-state index contributed by atoms with van der Waals surface area (Å²) >= 11 is 6.17. The highest BCUT2D eigenvalue weighted by Gasteiger charge is 2.31. The highest BCUT2D eigenvalue weighted by molar-refractivity contribution is 6.28. The number of anilines is 3. The summed E-state index contributed by atoms with van der Waals surface area (Å²) in [6.07, 6.45) is 17.5. The van der Waals surface area contributed by atoms with Crippen molar-refractivity contribution in [1.82, 2.24) is 69.9 Å². The smallest absolute Gasteiger partial charge is 0.410 e. The molecule has 478 valence electrons. The largest absolute Gasteiger partial charge is 0.444 e. The van der Waals surface area contributed by atoms with Gasteiger partial charge >= 0.3 is 12.2 Å². The van der Waals surface area contributed by atoms with Crippen LogP contribution in [-0.2, 0) is 67.6 Å². The molecule has 21 nitrogen and oxygen atoms in total. The number of ether oxygens (including phenoxy) is 2. The average Bonchev–Trinajstić information content (AvgIpc) is 1.98. The van der Waals surface area contributed by atoms with Crippen molar-refractivity contribution in [1.29, 1.82) is 0 Å². The van der Waals surface area contributed by atoms with Gasteiger partial charge in [-0.05, 0) is 157 Å². The topological polar surface area (TPSA) is 258 Å². The Morgan fingerprint density at radius 2 is 0.914 bits per heavy atom. The molecule has 11 aromatic rings. The maximum absolute atomic E-state index is 12.7. The lowest BCUT2D eigenvalue weighted by Gasteiger charge is -2.31. The molecule has 0 saturated heterocycles.